The molecule has 0 fully saturated rings. The molecule has 0 radical (unpaired) electrons. The number of carbonyl (C=O) groups excluding carboxylic acids is 2. The molecule has 3 aromatic rings. The molecule has 2 heterocycles. The molecule has 3 rings (SSSR count). The Hall–Kier alpha value is -3.20. The van der Waals surface area contributed by atoms with E-state index < -0.39 is 18.0 Å². The third-order valence-electron chi connectivity index (χ3n) is 4.20. The van der Waals surface area contributed by atoms with Crippen LogP contribution in [0.5, 0.6) is 5.75 Å². The lowest BCUT2D eigenvalue weighted by Gasteiger charge is -2.15. The maximum Gasteiger partial charge on any atom is 0.349 e. The summed E-state index contributed by atoms with van der Waals surface area (Å²) in [5, 5.41) is 3.06. The number of H-pyrrole nitrogens is 1. The maximum absolute atomic E-state index is 12.6. The fraction of sp³-hybridized carbons (Fsp3) is 0.300. The van der Waals surface area contributed by atoms with Crippen molar-refractivity contribution in [2.24, 2.45) is 0 Å². The number of aromatic amines is 1. The Kier molecular flexibility index (Phi) is 5.97. The second-order valence-corrected chi connectivity index (χ2v) is 7.35. The SMILES string of the molecule is CCOc1ccccc1NC(=O)[C@@H](C)OC(=O)c1sc2nc(C)[nH]c(=O)c2c1C. The van der Waals surface area contributed by atoms with Gasteiger partial charge in [-0.2, -0.15) is 0 Å². The van der Waals surface area contributed by atoms with Crippen LogP contribution in [0.1, 0.15) is 34.9 Å². The number of nitrogens with zero attached hydrogens (tertiary/aromatic N) is 1. The highest BCUT2D eigenvalue weighted by Crippen LogP contribution is 2.28. The highest BCUT2D eigenvalue weighted by Gasteiger charge is 2.24. The largest absolute Gasteiger partial charge is 0.492 e. The number of carbonyl (C=O) groups is 2. The van der Waals surface area contributed by atoms with Crippen molar-refractivity contribution < 1.29 is 19.1 Å². The van der Waals surface area contributed by atoms with E-state index in [9.17, 15) is 14.4 Å². The Morgan fingerprint density at radius 2 is 2.00 bits per heavy atom. The van der Waals surface area contributed by atoms with E-state index in [1.54, 1.807) is 38.1 Å². The number of aryl methyl sites for hydroxylation is 2. The molecule has 152 valence electrons. The summed E-state index contributed by atoms with van der Waals surface area (Å²) in [5.41, 5.74) is 0.670. The van der Waals surface area contributed by atoms with Gasteiger partial charge in [-0.3, -0.25) is 9.59 Å². The van der Waals surface area contributed by atoms with E-state index in [-0.39, 0.29) is 10.4 Å². The number of ether oxygens (including phenoxy) is 2. The maximum atomic E-state index is 12.6. The van der Waals surface area contributed by atoms with Gasteiger partial charge in [-0.1, -0.05) is 12.1 Å². The fourth-order valence-electron chi connectivity index (χ4n) is 2.80. The molecule has 0 bridgehead atoms. The van der Waals surface area contributed by atoms with Crippen molar-refractivity contribution in [1.82, 2.24) is 9.97 Å². The lowest BCUT2D eigenvalue weighted by Crippen LogP contribution is -2.30. The van der Waals surface area contributed by atoms with E-state index in [0.717, 1.165) is 11.3 Å². The first-order chi connectivity index (χ1) is 13.8. The molecule has 1 atom stereocenters. The summed E-state index contributed by atoms with van der Waals surface area (Å²) in [4.78, 5) is 44.8. The first kappa shape index (κ1) is 20.5. The zero-order valence-corrected chi connectivity index (χ0v) is 17.3. The van der Waals surface area contributed by atoms with E-state index in [4.69, 9.17) is 9.47 Å². The van der Waals surface area contributed by atoms with Crippen LogP contribution in [0.3, 0.4) is 0 Å². The van der Waals surface area contributed by atoms with Crippen LogP contribution in [0.15, 0.2) is 29.1 Å². The van der Waals surface area contributed by atoms with E-state index in [1.165, 1.54) is 6.92 Å². The molecule has 0 saturated carbocycles. The van der Waals surface area contributed by atoms with Crippen molar-refractivity contribution in [3.63, 3.8) is 0 Å². The Labute approximate surface area is 170 Å². The van der Waals surface area contributed by atoms with Gasteiger partial charge in [0.2, 0.25) is 0 Å². The van der Waals surface area contributed by atoms with Crippen LogP contribution in [-0.4, -0.2) is 34.6 Å². The number of nitrogens with one attached hydrogen (secondary N) is 2. The summed E-state index contributed by atoms with van der Waals surface area (Å²) < 4.78 is 10.8. The first-order valence-electron chi connectivity index (χ1n) is 9.05. The average Bonchev–Trinajstić information content (AvgIpc) is 3.00. The summed E-state index contributed by atoms with van der Waals surface area (Å²) in [5.74, 6) is -0.174. The Balaban J connectivity index is 1.76. The summed E-state index contributed by atoms with van der Waals surface area (Å²) in [7, 11) is 0. The number of anilines is 1. The first-order valence-corrected chi connectivity index (χ1v) is 9.87. The minimum atomic E-state index is -1.05. The number of aromatic nitrogens is 2. The molecule has 0 aliphatic rings. The van der Waals surface area contributed by atoms with Crippen molar-refractivity contribution in [1.29, 1.82) is 0 Å². The molecule has 1 aromatic carbocycles. The van der Waals surface area contributed by atoms with Gasteiger partial charge in [0.25, 0.3) is 11.5 Å². The monoisotopic (exact) mass is 415 g/mol. The molecule has 9 heteroatoms. The quantitative estimate of drug-likeness (QED) is 0.598. The minimum absolute atomic E-state index is 0.248. The lowest BCUT2D eigenvalue weighted by atomic mass is 10.2. The van der Waals surface area contributed by atoms with Crippen molar-refractivity contribution in [2.45, 2.75) is 33.8 Å². The van der Waals surface area contributed by atoms with E-state index >= 15 is 0 Å². The van der Waals surface area contributed by atoms with Crippen molar-refractivity contribution in [3.8, 4) is 5.75 Å². The lowest BCUT2D eigenvalue weighted by molar-refractivity contribution is -0.123. The van der Waals surface area contributed by atoms with Gasteiger partial charge < -0.3 is 19.8 Å². The normalized spacial score (nSPS) is 11.9. The number of para-hydroxylation sites is 2. The summed E-state index contributed by atoms with van der Waals surface area (Å²) in [6, 6.07) is 7.00. The molecule has 2 N–H and O–H groups in total. The topological polar surface area (TPSA) is 110 Å². The zero-order chi connectivity index (χ0) is 21.1. The number of esters is 1. The molecular weight excluding hydrogens is 394 g/mol. The van der Waals surface area contributed by atoms with Crippen LogP contribution in [0.2, 0.25) is 0 Å². The third-order valence-corrected chi connectivity index (χ3v) is 5.37. The zero-order valence-electron chi connectivity index (χ0n) is 16.5. The predicted molar refractivity (Wildman–Crippen MR) is 111 cm³/mol. The molecule has 0 unspecified atom stereocenters. The van der Waals surface area contributed by atoms with E-state index in [2.05, 4.69) is 15.3 Å². The van der Waals surface area contributed by atoms with Crippen molar-refractivity contribution in [3.05, 3.63) is 50.9 Å². The van der Waals surface area contributed by atoms with Gasteiger partial charge in [-0.05, 0) is 45.4 Å². The predicted octanol–water partition coefficient (Wildman–Crippen LogP) is 3.18. The van der Waals surface area contributed by atoms with Gasteiger partial charge >= 0.3 is 5.97 Å². The molecule has 0 aliphatic carbocycles. The number of hydrogen-bond acceptors (Lipinski definition) is 7. The molecular formula is C20H21N3O5S. The summed E-state index contributed by atoms with van der Waals surface area (Å²) in [6.45, 7) is 7.10. The second kappa shape index (κ2) is 8.44. The molecule has 0 saturated heterocycles. The number of rotatable bonds is 6. The molecule has 0 aliphatic heterocycles. The average molecular weight is 415 g/mol. The van der Waals surface area contributed by atoms with Crippen LogP contribution in [0.25, 0.3) is 10.2 Å². The number of benzene rings is 1. The van der Waals surface area contributed by atoms with Crippen molar-refractivity contribution >= 4 is 39.1 Å². The molecule has 1 amide bonds. The third kappa shape index (κ3) is 4.29. The van der Waals surface area contributed by atoms with Crippen LogP contribution >= 0.6 is 11.3 Å². The Bertz CT molecular complexity index is 1130. The molecule has 2 aromatic heterocycles. The van der Waals surface area contributed by atoms with Gasteiger partial charge in [-0.15, -0.1) is 11.3 Å². The van der Waals surface area contributed by atoms with Gasteiger partial charge in [0, 0.05) is 0 Å². The van der Waals surface area contributed by atoms with Crippen LogP contribution in [0, 0.1) is 13.8 Å². The number of amides is 1. The number of hydrogen-bond donors (Lipinski definition) is 2. The fourth-order valence-corrected chi connectivity index (χ4v) is 3.91. The Morgan fingerprint density at radius 3 is 2.72 bits per heavy atom. The highest BCUT2D eigenvalue weighted by atomic mass is 32.1. The van der Waals surface area contributed by atoms with E-state index in [0.29, 0.717) is 39.6 Å². The summed E-state index contributed by atoms with van der Waals surface area (Å²) >= 11 is 1.07. The number of thiophene rings is 1. The smallest absolute Gasteiger partial charge is 0.349 e. The van der Waals surface area contributed by atoms with Crippen LogP contribution < -0.4 is 15.6 Å². The molecule has 0 spiro atoms. The minimum Gasteiger partial charge on any atom is -0.492 e. The van der Waals surface area contributed by atoms with Gasteiger partial charge in [0.05, 0.1) is 17.7 Å². The number of fused-ring (bicyclic) bond motifs is 1. The standard InChI is InChI=1S/C20H21N3O5S/c1-5-27-14-9-7-6-8-13(14)23-17(24)11(3)28-20(26)16-10(2)15-18(25)21-12(4)22-19(15)29-16/h6-9,11H,5H2,1-4H3,(H,23,24)(H,21,22,25)/t11-/m1/s1. The van der Waals surface area contributed by atoms with Gasteiger partial charge in [-0.25, -0.2) is 9.78 Å². The van der Waals surface area contributed by atoms with Gasteiger partial charge in [0.1, 0.15) is 21.3 Å². The van der Waals surface area contributed by atoms with Gasteiger partial charge in [0.15, 0.2) is 6.10 Å². The second-order valence-electron chi connectivity index (χ2n) is 6.35. The van der Waals surface area contributed by atoms with Crippen LogP contribution in [-0.2, 0) is 9.53 Å². The van der Waals surface area contributed by atoms with Crippen LogP contribution in [0.4, 0.5) is 5.69 Å². The summed E-state index contributed by atoms with van der Waals surface area (Å²) in [6.07, 6.45) is -1.05. The molecule has 8 nitrogen and oxygen atoms in total. The van der Waals surface area contributed by atoms with Crippen molar-refractivity contribution in [2.75, 3.05) is 11.9 Å². The van der Waals surface area contributed by atoms with E-state index in [1.807, 2.05) is 6.92 Å². The molecule has 29 heavy (non-hydrogen) atoms. The Morgan fingerprint density at radius 1 is 1.28 bits per heavy atom. The highest BCUT2D eigenvalue weighted by molar-refractivity contribution is 7.20.